The zero-order valence-corrected chi connectivity index (χ0v) is 67.1. The predicted octanol–water partition coefficient (Wildman–Crippen LogP) is 27.7. The highest BCUT2D eigenvalue weighted by Crippen LogP contribution is 2.48. The second-order valence-electron chi connectivity index (χ2n) is 31.0. The van der Waals surface area contributed by atoms with Crippen LogP contribution in [0.5, 0.6) is 0 Å². The van der Waals surface area contributed by atoms with Crippen LogP contribution in [0.15, 0.2) is 431 Å². The fourth-order valence-electron chi connectivity index (χ4n) is 17.2. The fourth-order valence-corrected chi connectivity index (χ4v) is 17.2. The van der Waals surface area contributed by atoms with Gasteiger partial charge in [0.25, 0.3) is 0 Å². The van der Waals surface area contributed by atoms with Gasteiger partial charge >= 0.3 is 0 Å². The van der Waals surface area contributed by atoms with Gasteiger partial charge in [-0.1, -0.05) is 406 Å². The van der Waals surface area contributed by atoms with Gasteiger partial charge in [-0.25, -0.2) is 44.9 Å². The van der Waals surface area contributed by atoms with Gasteiger partial charge in [0.15, 0.2) is 52.4 Å². The molecule has 0 amide bonds. The van der Waals surface area contributed by atoms with Crippen LogP contribution in [0.25, 0.3) is 192 Å². The van der Waals surface area contributed by atoms with Crippen LogP contribution in [0, 0.1) is 0 Å². The Labute approximate surface area is 715 Å². The van der Waals surface area contributed by atoms with Crippen molar-refractivity contribution in [3.05, 3.63) is 464 Å². The average molecular weight is 1570 g/mol. The predicted molar refractivity (Wildman–Crippen MR) is 500 cm³/mol. The second kappa shape index (κ2) is 33.3. The molecule has 0 radical (unpaired) electrons. The van der Waals surface area contributed by atoms with Crippen LogP contribution in [0.2, 0.25) is 0 Å². The van der Waals surface area contributed by atoms with E-state index in [4.69, 9.17) is 44.9 Å². The van der Waals surface area contributed by atoms with Gasteiger partial charge in [0.2, 0.25) is 0 Å². The summed E-state index contributed by atoms with van der Waals surface area (Å²) < 4.78 is 0. The van der Waals surface area contributed by atoms with Crippen molar-refractivity contribution in [3.63, 3.8) is 0 Å². The molecule has 0 fully saturated rings. The molecule has 123 heavy (non-hydrogen) atoms. The lowest BCUT2D eigenvalue weighted by molar-refractivity contribution is 1.07. The molecular formula is C114H77N9. The lowest BCUT2D eigenvalue weighted by Crippen LogP contribution is -2.00. The minimum absolute atomic E-state index is 0.661. The minimum atomic E-state index is 0.661. The van der Waals surface area contributed by atoms with Gasteiger partial charge in [0.05, 0.1) is 0 Å². The van der Waals surface area contributed by atoms with Gasteiger partial charge in [0.1, 0.15) is 0 Å². The SMILES string of the molecule is c1ccc(-c2nc(-c3ccccc3)nc(-c3ccc(-c4ccc5c(c4)-c4cccc(-c6ccccc6)c4C5)cc3)n2)cc1.c1ccc(-c2nc(-c3ccccc3)nc(-c3ccc4c(c3)-c3cccc(-c5ccccc5)c3C4)n2)cc1.c1ccc(-c2nc(-c3ccccc3)nc(-c3cccc(-c4ccc5c(c4)-c4cccc(-c6ccccc6)c4C5)c3)n2)cc1. The van der Waals surface area contributed by atoms with Gasteiger partial charge in [0, 0.05) is 50.1 Å². The van der Waals surface area contributed by atoms with E-state index >= 15 is 0 Å². The third-order valence-corrected chi connectivity index (χ3v) is 23.4. The molecule has 0 N–H and O–H groups in total. The summed E-state index contributed by atoms with van der Waals surface area (Å²) in [6, 6.07) is 150. The Balaban J connectivity index is 0.000000114. The van der Waals surface area contributed by atoms with Crippen LogP contribution < -0.4 is 0 Å². The van der Waals surface area contributed by atoms with E-state index in [1.165, 1.54) is 117 Å². The van der Waals surface area contributed by atoms with Crippen LogP contribution in [-0.2, 0) is 19.3 Å². The van der Waals surface area contributed by atoms with Gasteiger partial charge in [-0.2, -0.15) is 0 Å². The molecule has 3 heterocycles. The molecule has 3 aliphatic carbocycles. The molecule has 0 saturated carbocycles. The summed E-state index contributed by atoms with van der Waals surface area (Å²) in [5.74, 6) is 6.03. The molecule has 3 aromatic heterocycles. The number of benzene rings is 17. The third-order valence-electron chi connectivity index (χ3n) is 23.4. The first kappa shape index (κ1) is 74.3. The van der Waals surface area contributed by atoms with Gasteiger partial charge in [-0.15, -0.1) is 0 Å². The monoisotopic (exact) mass is 1570 g/mol. The Morgan fingerprint density at radius 1 is 0.114 bits per heavy atom. The second-order valence-corrected chi connectivity index (χ2v) is 31.0. The molecular weight excluding hydrogens is 1500 g/mol. The molecule has 578 valence electrons. The number of hydrogen-bond acceptors (Lipinski definition) is 9. The summed E-state index contributed by atoms with van der Waals surface area (Å²) in [5, 5.41) is 0. The van der Waals surface area contributed by atoms with Crippen molar-refractivity contribution < 1.29 is 0 Å². The maximum Gasteiger partial charge on any atom is 0.164 e. The smallest absolute Gasteiger partial charge is 0.164 e. The van der Waals surface area contributed by atoms with Crippen molar-refractivity contribution in [2.75, 3.05) is 0 Å². The number of nitrogens with zero attached hydrogens (tertiary/aromatic N) is 9. The zero-order valence-electron chi connectivity index (χ0n) is 67.1. The first-order chi connectivity index (χ1) is 60.9. The van der Waals surface area contributed by atoms with Crippen molar-refractivity contribution in [3.8, 4) is 192 Å². The van der Waals surface area contributed by atoms with Crippen molar-refractivity contribution in [2.24, 2.45) is 0 Å². The van der Waals surface area contributed by atoms with Gasteiger partial charge in [-0.3, -0.25) is 0 Å². The standard InChI is InChI=1S/2C40H27N3.C34H23N3/c1-4-12-27(13-5-1)34-20-11-21-35-36-25-31(22-23-32(36)26-37(34)35)30-18-10-19-33(24-30)40-42-38(28-14-6-2-7-15-28)41-39(43-40)29-16-8-3-9-17-29;1-4-11-28(12-5-1)34-17-10-18-35-36-25-32(23-24-33(36)26-37(34)35)27-19-21-31(22-20-27)40-42-38(29-13-6-2-7-14-29)41-39(43-40)30-15-8-3-9-16-30;1-4-11-23(12-5-1)28-17-10-18-29-30-22-27(20-19-26(30)21-31(28)29)34-36-32(24-13-6-2-7-14-24)35-33(37-34)25-15-8-3-9-16-25/h2*1-25H,26H2;1-20,22H,21H2. The molecule has 17 aromatic carbocycles. The van der Waals surface area contributed by atoms with Crippen LogP contribution >= 0.6 is 0 Å². The average Bonchev–Trinajstić information content (AvgIpc) is 1.63. The van der Waals surface area contributed by atoms with Crippen LogP contribution in [0.1, 0.15) is 33.4 Å². The Morgan fingerprint density at radius 3 is 0.585 bits per heavy atom. The molecule has 3 aliphatic rings. The van der Waals surface area contributed by atoms with Crippen LogP contribution in [0.3, 0.4) is 0 Å². The van der Waals surface area contributed by atoms with E-state index in [0.717, 1.165) is 74.9 Å². The number of hydrogen-bond donors (Lipinski definition) is 0. The molecule has 9 nitrogen and oxygen atoms in total. The third kappa shape index (κ3) is 15.3. The van der Waals surface area contributed by atoms with Gasteiger partial charge in [-0.05, 0) is 166 Å². The van der Waals surface area contributed by atoms with E-state index in [1.807, 2.05) is 182 Å². The van der Waals surface area contributed by atoms with Crippen molar-refractivity contribution in [1.82, 2.24) is 44.9 Å². The fraction of sp³-hybridized carbons (Fsp3) is 0.0263. The highest BCUT2D eigenvalue weighted by atomic mass is 15.1. The number of rotatable bonds is 14. The lowest BCUT2D eigenvalue weighted by atomic mass is 9.95. The zero-order chi connectivity index (χ0) is 81.8. The number of fused-ring (bicyclic) bond motifs is 9. The topological polar surface area (TPSA) is 116 Å². The normalized spacial score (nSPS) is 11.6. The molecule has 9 heteroatoms. The summed E-state index contributed by atoms with van der Waals surface area (Å²) in [6.45, 7) is 0. The molecule has 0 atom stereocenters. The Kier molecular flexibility index (Phi) is 20.1. The molecule has 0 spiro atoms. The maximum absolute atomic E-state index is 4.94. The molecule has 0 aliphatic heterocycles. The summed E-state index contributed by atoms with van der Waals surface area (Å²) in [5.41, 5.74) is 37.3. The van der Waals surface area contributed by atoms with Crippen molar-refractivity contribution >= 4 is 0 Å². The first-order valence-electron chi connectivity index (χ1n) is 41.7. The molecule has 0 saturated heterocycles. The van der Waals surface area contributed by atoms with Crippen molar-refractivity contribution in [1.29, 1.82) is 0 Å². The summed E-state index contributed by atoms with van der Waals surface area (Å²) in [4.78, 5) is 44.0. The molecule has 0 bridgehead atoms. The number of aromatic nitrogens is 9. The molecule has 0 unspecified atom stereocenters. The van der Waals surface area contributed by atoms with Crippen LogP contribution in [-0.4, -0.2) is 44.9 Å². The highest BCUT2D eigenvalue weighted by molar-refractivity contribution is 5.91. The first-order valence-corrected chi connectivity index (χ1v) is 41.7. The van der Waals surface area contributed by atoms with E-state index < -0.39 is 0 Å². The summed E-state index contributed by atoms with van der Waals surface area (Å²) in [6.07, 6.45) is 2.84. The lowest BCUT2D eigenvalue weighted by Gasteiger charge is -2.11. The van der Waals surface area contributed by atoms with E-state index in [2.05, 4.69) is 249 Å². The van der Waals surface area contributed by atoms with E-state index in [1.54, 1.807) is 0 Å². The van der Waals surface area contributed by atoms with Gasteiger partial charge < -0.3 is 0 Å². The van der Waals surface area contributed by atoms with Crippen molar-refractivity contribution in [2.45, 2.75) is 19.3 Å². The Morgan fingerprint density at radius 2 is 0.293 bits per heavy atom. The molecule has 23 rings (SSSR count). The molecule has 20 aromatic rings. The van der Waals surface area contributed by atoms with E-state index in [-0.39, 0.29) is 0 Å². The highest BCUT2D eigenvalue weighted by Gasteiger charge is 2.27. The minimum Gasteiger partial charge on any atom is -0.208 e. The quantitative estimate of drug-likeness (QED) is 0.105. The summed E-state index contributed by atoms with van der Waals surface area (Å²) >= 11 is 0. The largest absolute Gasteiger partial charge is 0.208 e. The van der Waals surface area contributed by atoms with E-state index in [9.17, 15) is 0 Å². The Hall–Kier alpha value is -16.2. The summed E-state index contributed by atoms with van der Waals surface area (Å²) in [7, 11) is 0. The van der Waals surface area contributed by atoms with E-state index in [0.29, 0.717) is 52.4 Å². The maximum atomic E-state index is 4.94. The van der Waals surface area contributed by atoms with Crippen LogP contribution in [0.4, 0.5) is 0 Å². The Bertz CT molecular complexity index is 7090.